The highest BCUT2D eigenvalue weighted by Crippen LogP contribution is 2.29. The Kier molecular flexibility index (Phi) is 10.7. The Morgan fingerprint density at radius 1 is 0.744 bits per heavy atom. The Morgan fingerprint density at radius 2 is 1.33 bits per heavy atom. The SMILES string of the molecule is C[C@@H](NC(=O)c1cccc(C(=O)N[C@@H](Cc2ccccc2)[C@H](O)CNCc2cccc(C(F)(F)F)c2)c1)c1ccccc1. The Bertz CT molecular complexity index is 1500. The molecule has 4 rings (SSSR count). The summed E-state index contributed by atoms with van der Waals surface area (Å²) in [5.74, 6) is -0.797. The molecule has 0 fully saturated rings. The van der Waals surface area contributed by atoms with Crippen LogP contribution in [-0.4, -0.2) is 35.6 Å². The lowest BCUT2D eigenvalue weighted by Crippen LogP contribution is -2.48. The van der Waals surface area contributed by atoms with E-state index in [1.54, 1.807) is 24.3 Å². The third-order valence-corrected chi connectivity index (χ3v) is 7.05. The zero-order chi connectivity index (χ0) is 30.8. The van der Waals surface area contributed by atoms with E-state index in [0.717, 1.165) is 23.3 Å². The molecule has 0 aromatic heterocycles. The van der Waals surface area contributed by atoms with Gasteiger partial charge in [-0.15, -0.1) is 0 Å². The molecule has 0 unspecified atom stereocenters. The molecule has 0 aliphatic rings. The average molecular weight is 590 g/mol. The topological polar surface area (TPSA) is 90.5 Å². The van der Waals surface area contributed by atoms with Gasteiger partial charge in [-0.1, -0.05) is 84.9 Å². The van der Waals surface area contributed by atoms with E-state index in [1.807, 2.05) is 67.6 Å². The van der Waals surface area contributed by atoms with Crippen molar-refractivity contribution >= 4 is 11.8 Å². The molecule has 0 heterocycles. The molecule has 6 nitrogen and oxygen atoms in total. The van der Waals surface area contributed by atoms with Crippen LogP contribution in [0.3, 0.4) is 0 Å². The smallest absolute Gasteiger partial charge is 0.390 e. The second-order valence-electron chi connectivity index (χ2n) is 10.4. The van der Waals surface area contributed by atoms with Crippen molar-refractivity contribution in [1.29, 1.82) is 0 Å². The van der Waals surface area contributed by atoms with Crippen molar-refractivity contribution in [3.63, 3.8) is 0 Å². The molecule has 0 bridgehead atoms. The maximum absolute atomic E-state index is 13.3. The number of nitrogens with one attached hydrogen (secondary N) is 3. The van der Waals surface area contributed by atoms with Gasteiger partial charge in [-0.3, -0.25) is 9.59 Å². The zero-order valence-electron chi connectivity index (χ0n) is 23.6. The summed E-state index contributed by atoms with van der Waals surface area (Å²) in [5.41, 5.74) is 2.08. The Morgan fingerprint density at radius 3 is 1.98 bits per heavy atom. The van der Waals surface area contributed by atoms with Gasteiger partial charge in [0, 0.05) is 24.2 Å². The second-order valence-corrected chi connectivity index (χ2v) is 10.4. The summed E-state index contributed by atoms with van der Waals surface area (Å²) in [6.45, 7) is 2.00. The summed E-state index contributed by atoms with van der Waals surface area (Å²) >= 11 is 0. The number of amides is 2. The molecule has 4 aromatic carbocycles. The highest BCUT2D eigenvalue weighted by Gasteiger charge is 2.30. The standard InChI is InChI=1S/C34H34F3N3O3/c1-23(26-13-6-3-7-14-26)39-32(42)27-15-9-16-28(20-27)33(43)40-30(19-24-10-4-2-5-11-24)31(41)22-38-21-25-12-8-17-29(18-25)34(35,36)37/h2-18,20,23,30-31,38,41H,19,21-22H2,1H3,(H,39,42)(H,40,43)/t23-,30+,31-/m1/s1. The molecule has 0 saturated carbocycles. The Labute approximate surface area is 249 Å². The van der Waals surface area contributed by atoms with Crippen molar-refractivity contribution in [2.45, 2.75) is 44.3 Å². The van der Waals surface area contributed by atoms with Crippen molar-refractivity contribution in [1.82, 2.24) is 16.0 Å². The van der Waals surface area contributed by atoms with Crippen LogP contribution in [0.1, 0.15) is 55.9 Å². The van der Waals surface area contributed by atoms with Gasteiger partial charge in [0.25, 0.3) is 11.8 Å². The third-order valence-electron chi connectivity index (χ3n) is 7.05. The fourth-order valence-corrected chi connectivity index (χ4v) is 4.67. The quantitative estimate of drug-likeness (QED) is 0.171. The number of hydrogen-bond donors (Lipinski definition) is 4. The van der Waals surface area contributed by atoms with Crippen LogP contribution in [0.2, 0.25) is 0 Å². The molecular formula is C34H34F3N3O3. The van der Waals surface area contributed by atoms with E-state index >= 15 is 0 Å². The van der Waals surface area contributed by atoms with Crippen molar-refractivity contribution in [3.05, 3.63) is 143 Å². The molecule has 3 atom stereocenters. The number of carbonyl (C=O) groups excluding carboxylic acids is 2. The van der Waals surface area contributed by atoms with E-state index in [0.29, 0.717) is 17.5 Å². The van der Waals surface area contributed by atoms with Crippen molar-refractivity contribution in [2.75, 3.05) is 6.54 Å². The fraction of sp³-hybridized carbons (Fsp3) is 0.235. The van der Waals surface area contributed by atoms with E-state index in [9.17, 15) is 27.9 Å². The number of aliphatic hydroxyl groups is 1. The van der Waals surface area contributed by atoms with Gasteiger partial charge in [0.1, 0.15) is 0 Å². The van der Waals surface area contributed by atoms with Crippen molar-refractivity contribution < 1.29 is 27.9 Å². The molecule has 4 aromatic rings. The maximum Gasteiger partial charge on any atom is 0.416 e. The summed E-state index contributed by atoms with van der Waals surface area (Å²) in [6, 6.07) is 29.2. The molecule has 9 heteroatoms. The summed E-state index contributed by atoms with van der Waals surface area (Å²) in [7, 11) is 0. The van der Waals surface area contributed by atoms with E-state index in [1.165, 1.54) is 12.1 Å². The molecule has 0 spiro atoms. The predicted molar refractivity (Wildman–Crippen MR) is 159 cm³/mol. The van der Waals surface area contributed by atoms with Crippen molar-refractivity contribution in [3.8, 4) is 0 Å². The van der Waals surface area contributed by atoms with E-state index in [-0.39, 0.29) is 30.6 Å². The molecule has 0 aliphatic heterocycles. The Hall–Kier alpha value is -4.47. The minimum absolute atomic E-state index is 0.0217. The Balaban J connectivity index is 1.42. The van der Waals surface area contributed by atoms with Crippen LogP contribution in [0.5, 0.6) is 0 Å². The summed E-state index contributed by atoms with van der Waals surface area (Å²) in [6.07, 6.45) is -5.19. The van der Waals surface area contributed by atoms with Gasteiger partial charge >= 0.3 is 6.18 Å². The van der Waals surface area contributed by atoms with E-state index < -0.39 is 29.8 Å². The first-order valence-corrected chi connectivity index (χ1v) is 14.0. The minimum atomic E-state index is -4.45. The number of carbonyl (C=O) groups is 2. The number of benzene rings is 4. The molecule has 2 amide bonds. The minimum Gasteiger partial charge on any atom is -0.390 e. The van der Waals surface area contributed by atoms with Crippen LogP contribution < -0.4 is 16.0 Å². The molecule has 224 valence electrons. The van der Waals surface area contributed by atoms with Gasteiger partial charge in [-0.25, -0.2) is 0 Å². The number of halogens is 3. The van der Waals surface area contributed by atoms with Gasteiger partial charge in [0.05, 0.1) is 23.8 Å². The van der Waals surface area contributed by atoms with Gasteiger partial charge < -0.3 is 21.1 Å². The first kappa shape index (κ1) is 31.5. The van der Waals surface area contributed by atoms with Crippen molar-refractivity contribution in [2.24, 2.45) is 0 Å². The number of aliphatic hydroxyl groups excluding tert-OH is 1. The lowest BCUT2D eigenvalue weighted by Gasteiger charge is -2.25. The second kappa shape index (κ2) is 14.6. The maximum atomic E-state index is 13.3. The van der Waals surface area contributed by atoms with Gasteiger partial charge in [-0.05, 0) is 54.3 Å². The molecular weight excluding hydrogens is 555 g/mol. The number of rotatable bonds is 12. The third kappa shape index (κ3) is 9.26. The molecule has 4 N–H and O–H groups in total. The normalized spacial score (nSPS) is 13.5. The predicted octanol–water partition coefficient (Wildman–Crippen LogP) is 5.69. The molecule has 0 aliphatic carbocycles. The molecule has 0 saturated heterocycles. The average Bonchev–Trinajstić information content (AvgIpc) is 3.01. The van der Waals surface area contributed by atoms with Crippen LogP contribution in [0, 0.1) is 0 Å². The van der Waals surface area contributed by atoms with Crippen LogP contribution in [0.15, 0.2) is 109 Å². The number of hydrogen-bond acceptors (Lipinski definition) is 4. The van der Waals surface area contributed by atoms with Gasteiger partial charge in [0.2, 0.25) is 0 Å². The van der Waals surface area contributed by atoms with Gasteiger partial charge in [0.15, 0.2) is 0 Å². The number of alkyl halides is 3. The van der Waals surface area contributed by atoms with Crippen LogP contribution in [-0.2, 0) is 19.1 Å². The first-order chi connectivity index (χ1) is 20.6. The molecule has 0 radical (unpaired) electrons. The summed E-state index contributed by atoms with van der Waals surface area (Å²) in [5, 5.41) is 19.9. The summed E-state index contributed by atoms with van der Waals surface area (Å²) < 4.78 is 39.2. The highest BCUT2D eigenvalue weighted by atomic mass is 19.4. The van der Waals surface area contributed by atoms with Crippen LogP contribution in [0.4, 0.5) is 13.2 Å². The van der Waals surface area contributed by atoms with Gasteiger partial charge in [-0.2, -0.15) is 13.2 Å². The lowest BCUT2D eigenvalue weighted by atomic mass is 10.00. The zero-order valence-corrected chi connectivity index (χ0v) is 23.6. The highest BCUT2D eigenvalue weighted by molar-refractivity contribution is 5.99. The van der Waals surface area contributed by atoms with Crippen LogP contribution in [0.25, 0.3) is 0 Å². The largest absolute Gasteiger partial charge is 0.416 e. The van der Waals surface area contributed by atoms with Crippen LogP contribution >= 0.6 is 0 Å². The lowest BCUT2D eigenvalue weighted by molar-refractivity contribution is -0.137. The fourth-order valence-electron chi connectivity index (χ4n) is 4.67. The molecule has 43 heavy (non-hydrogen) atoms. The monoisotopic (exact) mass is 589 g/mol. The van der Waals surface area contributed by atoms with E-state index in [2.05, 4.69) is 16.0 Å². The summed E-state index contributed by atoms with van der Waals surface area (Å²) in [4.78, 5) is 26.2. The van der Waals surface area contributed by atoms with E-state index in [4.69, 9.17) is 0 Å². The first-order valence-electron chi connectivity index (χ1n) is 14.0.